The van der Waals surface area contributed by atoms with Gasteiger partial charge in [-0.25, -0.2) is 4.39 Å². The molecule has 2 aromatic heterocycles. The molecular weight excluding hydrogens is 319 g/mol. The van der Waals surface area contributed by atoms with E-state index in [2.05, 4.69) is 20.0 Å². The average Bonchev–Trinajstić information content (AvgIpc) is 3.19. The summed E-state index contributed by atoms with van der Waals surface area (Å²) in [4.78, 5) is 11.4. The fourth-order valence-corrected chi connectivity index (χ4v) is 3.73. The highest BCUT2D eigenvalue weighted by atomic mass is 19.1. The molecule has 0 radical (unpaired) electrons. The van der Waals surface area contributed by atoms with Gasteiger partial charge in [0.05, 0.1) is 11.6 Å². The Bertz CT molecular complexity index is 921. The van der Waals surface area contributed by atoms with Crippen LogP contribution in [0.2, 0.25) is 0 Å². The molecule has 2 fully saturated rings. The van der Waals surface area contributed by atoms with Gasteiger partial charge in [-0.3, -0.25) is 9.88 Å². The van der Waals surface area contributed by atoms with Crippen molar-refractivity contribution in [3.8, 4) is 0 Å². The van der Waals surface area contributed by atoms with Crippen LogP contribution in [0.3, 0.4) is 0 Å². The zero-order valence-corrected chi connectivity index (χ0v) is 13.9. The number of hydrogen-bond acceptors (Lipinski definition) is 5. The molecule has 25 heavy (non-hydrogen) atoms. The fourth-order valence-electron chi connectivity index (χ4n) is 3.73. The minimum atomic E-state index is -0.225. The Hall–Kier alpha value is -2.34. The van der Waals surface area contributed by atoms with Gasteiger partial charge in [-0.15, -0.1) is 0 Å². The molecule has 6 heteroatoms. The third kappa shape index (κ3) is 2.70. The molecule has 5 nitrogen and oxygen atoms in total. The van der Waals surface area contributed by atoms with E-state index >= 15 is 0 Å². The number of likely N-dealkylation sites (tertiary alicyclic amines) is 1. The summed E-state index contributed by atoms with van der Waals surface area (Å²) in [6.07, 6.45) is 6.15. The largest absolute Gasteiger partial charge is 0.339 e. The molecule has 1 saturated carbocycles. The van der Waals surface area contributed by atoms with Gasteiger partial charge >= 0.3 is 0 Å². The smallest absolute Gasteiger partial charge is 0.229 e. The van der Waals surface area contributed by atoms with Crippen molar-refractivity contribution in [2.24, 2.45) is 0 Å². The summed E-state index contributed by atoms with van der Waals surface area (Å²) in [5, 5.41) is 4.80. The van der Waals surface area contributed by atoms with Crippen molar-refractivity contribution in [2.45, 2.75) is 44.2 Å². The van der Waals surface area contributed by atoms with Crippen LogP contribution in [0.5, 0.6) is 0 Å². The van der Waals surface area contributed by atoms with Crippen molar-refractivity contribution in [1.82, 2.24) is 20.0 Å². The molecular formula is C19H19FN4O. The summed E-state index contributed by atoms with van der Waals surface area (Å²) < 4.78 is 19.5. The van der Waals surface area contributed by atoms with Crippen molar-refractivity contribution < 1.29 is 8.91 Å². The first-order valence-electron chi connectivity index (χ1n) is 8.89. The summed E-state index contributed by atoms with van der Waals surface area (Å²) in [6, 6.07) is 7.09. The van der Waals surface area contributed by atoms with Crippen LogP contribution < -0.4 is 0 Å². The number of rotatable bonds is 4. The Labute approximate surface area is 144 Å². The number of fused-ring (bicyclic) bond motifs is 1. The Balaban J connectivity index is 1.43. The molecule has 0 bridgehead atoms. The number of aromatic nitrogens is 3. The Morgan fingerprint density at radius 2 is 2.12 bits per heavy atom. The van der Waals surface area contributed by atoms with Gasteiger partial charge in [0.15, 0.2) is 5.82 Å². The van der Waals surface area contributed by atoms with Crippen LogP contribution in [0.15, 0.2) is 35.0 Å². The van der Waals surface area contributed by atoms with E-state index in [1.807, 2.05) is 6.07 Å². The lowest BCUT2D eigenvalue weighted by molar-refractivity contribution is 0.234. The molecule has 1 aliphatic heterocycles. The highest BCUT2D eigenvalue weighted by molar-refractivity contribution is 5.82. The molecule has 1 aliphatic carbocycles. The molecule has 1 atom stereocenters. The SMILES string of the molecule is Fc1ccc(CN2CCCC2c2noc(C3CC3)n2)c2ncccc12. The molecule has 0 amide bonds. The minimum Gasteiger partial charge on any atom is -0.339 e. The second kappa shape index (κ2) is 5.88. The Kier molecular flexibility index (Phi) is 3.52. The van der Waals surface area contributed by atoms with Gasteiger partial charge in [-0.1, -0.05) is 11.2 Å². The van der Waals surface area contributed by atoms with Crippen LogP contribution in [0.4, 0.5) is 4.39 Å². The molecule has 3 aromatic rings. The highest BCUT2D eigenvalue weighted by Crippen LogP contribution is 2.40. The lowest BCUT2D eigenvalue weighted by Crippen LogP contribution is -2.24. The van der Waals surface area contributed by atoms with Crippen molar-refractivity contribution in [3.05, 3.63) is 53.6 Å². The van der Waals surface area contributed by atoms with Crippen molar-refractivity contribution in [2.75, 3.05) is 6.54 Å². The van der Waals surface area contributed by atoms with E-state index < -0.39 is 0 Å². The number of halogens is 1. The third-order valence-electron chi connectivity index (χ3n) is 5.22. The number of nitrogens with zero attached hydrogens (tertiary/aromatic N) is 4. The number of pyridine rings is 1. The molecule has 1 aromatic carbocycles. The highest BCUT2D eigenvalue weighted by Gasteiger charge is 2.34. The molecule has 0 spiro atoms. The van der Waals surface area contributed by atoms with Crippen LogP contribution >= 0.6 is 0 Å². The van der Waals surface area contributed by atoms with E-state index in [0.717, 1.165) is 55.0 Å². The normalized spacial score (nSPS) is 21.2. The molecule has 128 valence electrons. The maximum Gasteiger partial charge on any atom is 0.229 e. The van der Waals surface area contributed by atoms with Crippen LogP contribution in [0.1, 0.15) is 54.9 Å². The van der Waals surface area contributed by atoms with E-state index in [-0.39, 0.29) is 11.9 Å². The first-order chi connectivity index (χ1) is 12.3. The minimum absolute atomic E-state index is 0.167. The molecule has 3 heterocycles. The van der Waals surface area contributed by atoms with Gasteiger partial charge in [0.2, 0.25) is 5.89 Å². The van der Waals surface area contributed by atoms with Gasteiger partial charge in [0.25, 0.3) is 0 Å². The standard InChI is InChI=1S/C19H19FN4O/c20-15-8-7-13(17-14(15)3-1-9-21-17)11-24-10-2-4-16(24)18-22-19(25-23-18)12-5-6-12/h1,3,7-9,12,16H,2,4-6,10-11H2. The first kappa shape index (κ1) is 15.0. The third-order valence-corrected chi connectivity index (χ3v) is 5.22. The zero-order valence-electron chi connectivity index (χ0n) is 13.9. The van der Waals surface area contributed by atoms with Gasteiger partial charge < -0.3 is 4.52 Å². The summed E-state index contributed by atoms with van der Waals surface area (Å²) >= 11 is 0. The van der Waals surface area contributed by atoms with Crippen LogP contribution in [0.25, 0.3) is 10.9 Å². The summed E-state index contributed by atoms with van der Waals surface area (Å²) in [5.41, 5.74) is 1.77. The van der Waals surface area contributed by atoms with E-state index in [4.69, 9.17) is 4.52 Å². The maximum atomic E-state index is 14.0. The van der Waals surface area contributed by atoms with Crippen molar-refractivity contribution in [1.29, 1.82) is 0 Å². The van der Waals surface area contributed by atoms with E-state index in [9.17, 15) is 4.39 Å². The molecule has 2 aliphatic rings. The zero-order chi connectivity index (χ0) is 16.8. The molecule has 1 unspecified atom stereocenters. The Morgan fingerprint density at radius 1 is 1.20 bits per heavy atom. The fraction of sp³-hybridized carbons (Fsp3) is 0.421. The van der Waals surface area contributed by atoms with E-state index in [1.54, 1.807) is 18.3 Å². The van der Waals surface area contributed by atoms with E-state index in [0.29, 0.717) is 17.8 Å². The average molecular weight is 338 g/mol. The number of hydrogen-bond donors (Lipinski definition) is 0. The summed E-state index contributed by atoms with van der Waals surface area (Å²) in [6.45, 7) is 1.69. The van der Waals surface area contributed by atoms with E-state index in [1.165, 1.54) is 6.07 Å². The molecule has 5 rings (SSSR count). The number of benzene rings is 1. The first-order valence-corrected chi connectivity index (χ1v) is 8.89. The molecule has 1 saturated heterocycles. The second-order valence-corrected chi connectivity index (χ2v) is 7.00. The maximum absolute atomic E-state index is 14.0. The quantitative estimate of drug-likeness (QED) is 0.720. The van der Waals surface area contributed by atoms with Crippen molar-refractivity contribution in [3.63, 3.8) is 0 Å². The van der Waals surface area contributed by atoms with Crippen molar-refractivity contribution >= 4 is 10.9 Å². The topological polar surface area (TPSA) is 55.1 Å². The van der Waals surface area contributed by atoms with Gasteiger partial charge in [-0.05, 0) is 56.0 Å². The lowest BCUT2D eigenvalue weighted by Gasteiger charge is -2.22. The van der Waals surface area contributed by atoms with Gasteiger partial charge in [0.1, 0.15) is 5.82 Å². The summed E-state index contributed by atoms with van der Waals surface area (Å²) in [7, 11) is 0. The van der Waals surface area contributed by atoms with Gasteiger partial charge in [-0.2, -0.15) is 4.98 Å². The monoisotopic (exact) mass is 338 g/mol. The lowest BCUT2D eigenvalue weighted by atomic mass is 10.1. The van der Waals surface area contributed by atoms with Crippen LogP contribution in [-0.4, -0.2) is 26.6 Å². The predicted molar refractivity (Wildman–Crippen MR) is 90.4 cm³/mol. The second-order valence-electron chi connectivity index (χ2n) is 7.00. The predicted octanol–water partition coefficient (Wildman–Crippen LogP) is 3.97. The van der Waals surface area contributed by atoms with Gasteiger partial charge in [0, 0.05) is 24.0 Å². The summed E-state index contributed by atoms with van der Waals surface area (Å²) in [5.74, 6) is 1.83. The molecule has 0 N–H and O–H groups in total. The Morgan fingerprint density at radius 3 is 3.00 bits per heavy atom. The van der Waals surface area contributed by atoms with Crippen LogP contribution in [0, 0.1) is 5.82 Å². The van der Waals surface area contributed by atoms with Crippen LogP contribution in [-0.2, 0) is 6.54 Å².